The van der Waals surface area contributed by atoms with Gasteiger partial charge in [-0.2, -0.15) is 0 Å². The zero-order valence-electron chi connectivity index (χ0n) is 11.8. The van der Waals surface area contributed by atoms with Gasteiger partial charge in [0.25, 0.3) is 5.91 Å². The number of nitrogens with two attached hydrogens (primary N) is 1. The maximum atomic E-state index is 12.4. The molecule has 1 heterocycles. The van der Waals surface area contributed by atoms with Crippen LogP contribution in [0.25, 0.3) is 0 Å². The zero-order chi connectivity index (χ0) is 14.4. The summed E-state index contributed by atoms with van der Waals surface area (Å²) in [5, 5.41) is 9.01. The molecule has 3 N–H and O–H groups in total. The highest BCUT2D eigenvalue weighted by molar-refractivity contribution is 5.97. The van der Waals surface area contributed by atoms with E-state index in [9.17, 15) is 4.79 Å². The smallest absolute Gasteiger partial charge is 0.274 e. The van der Waals surface area contributed by atoms with Crippen LogP contribution in [0, 0.1) is 0 Å². The molecule has 0 aliphatic rings. The van der Waals surface area contributed by atoms with Crippen molar-refractivity contribution in [3.63, 3.8) is 0 Å². The molecule has 6 heteroatoms. The summed E-state index contributed by atoms with van der Waals surface area (Å²) < 4.78 is 0. The number of nitrogen functional groups attached to an aromatic ring is 1. The van der Waals surface area contributed by atoms with E-state index in [-0.39, 0.29) is 36.4 Å². The van der Waals surface area contributed by atoms with E-state index < -0.39 is 0 Å². The van der Waals surface area contributed by atoms with Crippen LogP contribution >= 0.6 is 0 Å². The summed E-state index contributed by atoms with van der Waals surface area (Å²) in [5.74, 6) is 0.473. The predicted molar refractivity (Wildman–Crippen MR) is 73.8 cm³/mol. The van der Waals surface area contributed by atoms with Crippen LogP contribution in [-0.2, 0) is 0 Å². The fraction of sp³-hybridized carbons (Fsp3) is 0.615. The molecule has 0 aromatic carbocycles. The van der Waals surface area contributed by atoms with Crippen molar-refractivity contribution >= 4 is 11.6 Å². The van der Waals surface area contributed by atoms with Gasteiger partial charge in [-0.15, -0.1) is 0 Å². The number of rotatable bonds is 6. The van der Waals surface area contributed by atoms with Gasteiger partial charge in [0.1, 0.15) is 5.82 Å². The lowest BCUT2D eigenvalue weighted by Gasteiger charge is -2.21. The van der Waals surface area contributed by atoms with E-state index in [1.807, 2.05) is 20.8 Å². The number of carbonyl (C=O) groups excluding carboxylic acids is 1. The average Bonchev–Trinajstić information content (AvgIpc) is 2.38. The van der Waals surface area contributed by atoms with Gasteiger partial charge in [-0.1, -0.05) is 20.8 Å². The van der Waals surface area contributed by atoms with Gasteiger partial charge in [-0.3, -0.25) is 4.79 Å². The molecule has 0 fully saturated rings. The highest BCUT2D eigenvalue weighted by Crippen LogP contribution is 2.15. The number of aromatic nitrogens is 2. The van der Waals surface area contributed by atoms with Gasteiger partial charge in [0.15, 0.2) is 5.69 Å². The Morgan fingerprint density at radius 1 is 1.47 bits per heavy atom. The van der Waals surface area contributed by atoms with Gasteiger partial charge in [-0.25, -0.2) is 9.97 Å². The predicted octanol–water partition coefficient (Wildman–Crippen LogP) is 1.03. The number of amides is 1. The van der Waals surface area contributed by atoms with E-state index >= 15 is 0 Å². The second-order valence-electron chi connectivity index (χ2n) is 4.70. The fourth-order valence-electron chi connectivity index (χ4n) is 1.71. The van der Waals surface area contributed by atoms with Gasteiger partial charge >= 0.3 is 0 Å². The normalized spacial score (nSPS) is 10.8. The maximum Gasteiger partial charge on any atom is 0.274 e. The molecule has 6 nitrogen and oxygen atoms in total. The zero-order valence-corrected chi connectivity index (χ0v) is 11.8. The minimum absolute atomic E-state index is 0.0756. The third-order valence-electron chi connectivity index (χ3n) is 2.71. The molecule has 0 radical (unpaired) electrons. The molecule has 0 bridgehead atoms. The number of aliphatic hydroxyl groups excluding tert-OH is 1. The Bertz CT molecular complexity index is 429. The molecule has 1 aromatic heterocycles. The molecule has 0 unspecified atom stereocenters. The lowest BCUT2D eigenvalue weighted by molar-refractivity contribution is 0.0716. The van der Waals surface area contributed by atoms with Crippen LogP contribution in [-0.4, -0.2) is 45.6 Å². The fourth-order valence-corrected chi connectivity index (χ4v) is 1.71. The van der Waals surface area contributed by atoms with Crippen LogP contribution in [0.5, 0.6) is 0 Å². The Balaban J connectivity index is 3.05. The van der Waals surface area contributed by atoms with Gasteiger partial charge in [0.2, 0.25) is 0 Å². The first-order chi connectivity index (χ1) is 9.01. The van der Waals surface area contributed by atoms with Crippen LogP contribution in [0.2, 0.25) is 0 Å². The number of hydrogen-bond acceptors (Lipinski definition) is 5. The molecule has 0 atom stereocenters. The Kier molecular flexibility index (Phi) is 5.69. The molecule has 19 heavy (non-hydrogen) atoms. The van der Waals surface area contributed by atoms with Crippen LogP contribution in [0.3, 0.4) is 0 Å². The molecule has 106 valence electrons. The first-order valence-electron chi connectivity index (χ1n) is 6.53. The van der Waals surface area contributed by atoms with Crippen molar-refractivity contribution in [2.24, 2.45) is 0 Å². The second-order valence-corrected chi connectivity index (χ2v) is 4.70. The summed E-state index contributed by atoms with van der Waals surface area (Å²) in [6.45, 7) is 6.66. The molecule has 0 spiro atoms. The number of anilines is 1. The Morgan fingerprint density at radius 3 is 2.68 bits per heavy atom. The number of nitrogens with zero attached hydrogens (tertiary/aromatic N) is 3. The van der Waals surface area contributed by atoms with Crippen molar-refractivity contribution in [2.45, 2.75) is 33.1 Å². The van der Waals surface area contributed by atoms with Crippen molar-refractivity contribution in [1.82, 2.24) is 14.9 Å². The van der Waals surface area contributed by atoms with Gasteiger partial charge in [-0.05, 0) is 6.42 Å². The SMILES string of the molecule is CCCN(CCO)C(=O)c1nc(C(C)C)ncc1N. The summed E-state index contributed by atoms with van der Waals surface area (Å²) in [6, 6.07) is 0. The first kappa shape index (κ1) is 15.4. The van der Waals surface area contributed by atoms with E-state index in [1.165, 1.54) is 6.20 Å². The third-order valence-corrected chi connectivity index (χ3v) is 2.71. The van der Waals surface area contributed by atoms with E-state index in [0.29, 0.717) is 12.4 Å². The van der Waals surface area contributed by atoms with Gasteiger partial charge in [0.05, 0.1) is 18.5 Å². The summed E-state index contributed by atoms with van der Waals surface area (Å²) in [4.78, 5) is 22.3. The third kappa shape index (κ3) is 3.89. The van der Waals surface area contributed by atoms with Crippen molar-refractivity contribution < 1.29 is 9.90 Å². The van der Waals surface area contributed by atoms with Crippen molar-refractivity contribution in [2.75, 3.05) is 25.4 Å². The van der Waals surface area contributed by atoms with Gasteiger partial charge < -0.3 is 15.7 Å². The highest BCUT2D eigenvalue weighted by Gasteiger charge is 2.20. The molecule has 0 saturated carbocycles. The van der Waals surface area contributed by atoms with E-state index in [4.69, 9.17) is 10.8 Å². The Hall–Kier alpha value is -1.69. The Morgan fingerprint density at radius 2 is 2.16 bits per heavy atom. The summed E-state index contributed by atoms with van der Waals surface area (Å²) in [6.07, 6.45) is 2.28. The average molecular weight is 266 g/mol. The van der Waals surface area contributed by atoms with Crippen molar-refractivity contribution in [3.05, 3.63) is 17.7 Å². The topological polar surface area (TPSA) is 92.3 Å². The van der Waals surface area contributed by atoms with Crippen LogP contribution in [0.15, 0.2) is 6.20 Å². The van der Waals surface area contributed by atoms with Crippen LogP contribution in [0.1, 0.15) is 49.4 Å². The van der Waals surface area contributed by atoms with Gasteiger partial charge in [0, 0.05) is 19.0 Å². The maximum absolute atomic E-state index is 12.4. The second kappa shape index (κ2) is 7.04. The number of carbonyl (C=O) groups is 1. The molecular weight excluding hydrogens is 244 g/mol. The molecular formula is C13H22N4O2. The monoisotopic (exact) mass is 266 g/mol. The summed E-state index contributed by atoms with van der Waals surface area (Å²) in [5.41, 5.74) is 6.28. The largest absolute Gasteiger partial charge is 0.396 e. The molecule has 1 aromatic rings. The van der Waals surface area contributed by atoms with E-state index in [1.54, 1.807) is 4.90 Å². The van der Waals surface area contributed by atoms with E-state index in [0.717, 1.165) is 6.42 Å². The molecule has 1 amide bonds. The van der Waals surface area contributed by atoms with Crippen molar-refractivity contribution in [1.29, 1.82) is 0 Å². The Labute approximate surface area is 113 Å². The minimum Gasteiger partial charge on any atom is -0.396 e. The quantitative estimate of drug-likeness (QED) is 0.802. The number of hydrogen-bond donors (Lipinski definition) is 2. The van der Waals surface area contributed by atoms with Crippen LogP contribution < -0.4 is 5.73 Å². The highest BCUT2D eigenvalue weighted by atomic mass is 16.3. The first-order valence-corrected chi connectivity index (χ1v) is 6.53. The standard InChI is InChI=1S/C13H22N4O2/c1-4-5-17(6-7-18)13(19)11-10(14)8-15-12(16-11)9(2)3/h8-9,18H,4-7,14H2,1-3H3. The summed E-state index contributed by atoms with van der Waals surface area (Å²) >= 11 is 0. The minimum atomic E-state index is -0.252. The molecule has 0 aliphatic carbocycles. The molecule has 0 saturated heterocycles. The molecule has 0 aliphatic heterocycles. The van der Waals surface area contributed by atoms with Crippen molar-refractivity contribution in [3.8, 4) is 0 Å². The number of aliphatic hydroxyl groups is 1. The molecule has 1 rings (SSSR count). The lowest BCUT2D eigenvalue weighted by atomic mass is 10.2. The van der Waals surface area contributed by atoms with Crippen LogP contribution in [0.4, 0.5) is 5.69 Å². The lowest BCUT2D eigenvalue weighted by Crippen LogP contribution is -2.35. The summed E-state index contributed by atoms with van der Waals surface area (Å²) in [7, 11) is 0. The van der Waals surface area contributed by atoms with E-state index in [2.05, 4.69) is 9.97 Å².